The van der Waals surface area contributed by atoms with E-state index < -0.39 is 0 Å². The first-order valence-electron chi connectivity index (χ1n) is 4.02. The molecule has 4 nitrogen and oxygen atoms in total. The highest BCUT2D eigenvalue weighted by Gasteiger charge is 2.26. The number of rotatable bonds is 0. The van der Waals surface area contributed by atoms with Gasteiger partial charge in [0.05, 0.1) is 5.38 Å². The van der Waals surface area contributed by atoms with Gasteiger partial charge in [0.15, 0.2) is 12.4 Å². The number of nitrogens with one attached hydrogen (secondary N) is 1. The Morgan fingerprint density at radius 1 is 1.69 bits per heavy atom. The molecule has 0 saturated heterocycles. The fourth-order valence-electron chi connectivity index (χ4n) is 1.26. The highest BCUT2D eigenvalue weighted by molar-refractivity contribution is 6.32. The minimum Gasteiger partial charge on any atom is -0.484 e. The molecule has 0 aromatic carbocycles. The SMILES string of the molecule is CC1=NC2=C(CC1Cl)OCC(=O)N2. The van der Waals surface area contributed by atoms with Crippen molar-refractivity contribution in [1.29, 1.82) is 0 Å². The zero-order valence-electron chi connectivity index (χ0n) is 7.13. The Morgan fingerprint density at radius 2 is 2.46 bits per heavy atom. The summed E-state index contributed by atoms with van der Waals surface area (Å²) in [6, 6.07) is 0. The van der Waals surface area contributed by atoms with Crippen molar-refractivity contribution in [2.75, 3.05) is 6.61 Å². The predicted octanol–water partition coefficient (Wildman–Crippen LogP) is 0.774. The quantitative estimate of drug-likeness (QED) is 0.588. The molecule has 1 N–H and O–H groups in total. The molecule has 70 valence electrons. The van der Waals surface area contributed by atoms with Gasteiger partial charge in [-0.15, -0.1) is 11.6 Å². The number of amides is 1. The summed E-state index contributed by atoms with van der Waals surface area (Å²) in [5.74, 6) is 1.04. The van der Waals surface area contributed by atoms with Crippen molar-refractivity contribution in [2.45, 2.75) is 18.7 Å². The highest BCUT2D eigenvalue weighted by atomic mass is 35.5. The number of ether oxygens (including phenoxy) is 1. The Labute approximate surface area is 80.6 Å². The summed E-state index contributed by atoms with van der Waals surface area (Å²) in [6.45, 7) is 1.90. The summed E-state index contributed by atoms with van der Waals surface area (Å²) in [4.78, 5) is 15.1. The number of halogens is 1. The van der Waals surface area contributed by atoms with Crippen LogP contribution in [0.5, 0.6) is 0 Å². The molecule has 2 aliphatic rings. The monoisotopic (exact) mass is 200 g/mol. The lowest BCUT2D eigenvalue weighted by Gasteiger charge is -2.25. The Balaban J connectivity index is 2.29. The van der Waals surface area contributed by atoms with E-state index in [1.807, 2.05) is 6.92 Å². The zero-order chi connectivity index (χ0) is 9.42. The van der Waals surface area contributed by atoms with Gasteiger partial charge in [-0.25, -0.2) is 4.99 Å². The Kier molecular flexibility index (Phi) is 2.00. The first kappa shape index (κ1) is 8.56. The fourth-order valence-corrected chi connectivity index (χ4v) is 1.45. The molecule has 13 heavy (non-hydrogen) atoms. The Bertz CT molecular complexity index is 322. The minimum atomic E-state index is -0.164. The normalized spacial score (nSPS) is 27.4. The van der Waals surface area contributed by atoms with Gasteiger partial charge in [0.1, 0.15) is 5.76 Å². The standard InChI is InChI=1S/C8H9ClN2O2/c1-4-5(9)2-6-8(10-4)11-7(12)3-13-6/h5H,2-3H2,1H3,(H,11,12). The van der Waals surface area contributed by atoms with E-state index in [-0.39, 0.29) is 17.9 Å². The lowest BCUT2D eigenvalue weighted by Crippen LogP contribution is -2.36. The molecule has 2 heterocycles. The van der Waals surface area contributed by atoms with Crippen molar-refractivity contribution < 1.29 is 9.53 Å². The fraction of sp³-hybridized carbons (Fsp3) is 0.500. The van der Waals surface area contributed by atoms with Crippen molar-refractivity contribution in [3.63, 3.8) is 0 Å². The summed E-state index contributed by atoms with van der Waals surface area (Å²) in [6.07, 6.45) is 0.604. The van der Waals surface area contributed by atoms with Crippen molar-refractivity contribution in [2.24, 2.45) is 4.99 Å². The minimum absolute atomic E-state index is 0.0665. The molecule has 2 rings (SSSR count). The van der Waals surface area contributed by atoms with E-state index in [4.69, 9.17) is 16.3 Å². The molecule has 0 aliphatic carbocycles. The third kappa shape index (κ3) is 1.54. The number of nitrogens with zero attached hydrogens (tertiary/aromatic N) is 1. The predicted molar refractivity (Wildman–Crippen MR) is 48.5 cm³/mol. The molecular formula is C8H9ClN2O2. The third-order valence-electron chi connectivity index (χ3n) is 2.01. The molecule has 1 atom stereocenters. The Hall–Kier alpha value is -1.03. The first-order valence-corrected chi connectivity index (χ1v) is 4.45. The summed E-state index contributed by atoms with van der Waals surface area (Å²) in [7, 11) is 0. The van der Waals surface area contributed by atoms with Gasteiger partial charge in [-0.2, -0.15) is 0 Å². The molecule has 2 aliphatic heterocycles. The van der Waals surface area contributed by atoms with Crippen LogP contribution in [0.15, 0.2) is 16.6 Å². The zero-order valence-corrected chi connectivity index (χ0v) is 7.89. The molecule has 0 saturated carbocycles. The summed E-state index contributed by atoms with van der Waals surface area (Å²) >= 11 is 5.97. The molecular weight excluding hydrogens is 192 g/mol. The van der Waals surface area contributed by atoms with Crippen LogP contribution in [0.4, 0.5) is 0 Å². The highest BCUT2D eigenvalue weighted by Crippen LogP contribution is 2.24. The average molecular weight is 201 g/mol. The van der Waals surface area contributed by atoms with Gasteiger partial charge in [-0.3, -0.25) is 4.79 Å². The summed E-state index contributed by atoms with van der Waals surface area (Å²) in [5.41, 5.74) is 0.811. The van der Waals surface area contributed by atoms with Gasteiger partial charge in [-0.05, 0) is 6.92 Å². The number of alkyl halides is 1. The van der Waals surface area contributed by atoms with Crippen LogP contribution in [-0.2, 0) is 9.53 Å². The number of hydrogen-bond acceptors (Lipinski definition) is 3. The Morgan fingerprint density at radius 3 is 3.23 bits per heavy atom. The topological polar surface area (TPSA) is 50.7 Å². The van der Waals surface area contributed by atoms with Gasteiger partial charge < -0.3 is 10.1 Å². The lowest BCUT2D eigenvalue weighted by molar-refractivity contribution is -0.125. The van der Waals surface area contributed by atoms with Gasteiger partial charge in [0.25, 0.3) is 5.91 Å². The molecule has 1 unspecified atom stereocenters. The second kappa shape index (κ2) is 3.03. The molecule has 0 aromatic rings. The first-order chi connectivity index (χ1) is 6.16. The van der Waals surface area contributed by atoms with Gasteiger partial charge >= 0.3 is 0 Å². The van der Waals surface area contributed by atoms with Gasteiger partial charge in [-0.1, -0.05) is 0 Å². The lowest BCUT2D eigenvalue weighted by atomic mass is 10.1. The van der Waals surface area contributed by atoms with Crippen molar-refractivity contribution in [1.82, 2.24) is 5.32 Å². The van der Waals surface area contributed by atoms with Crippen molar-refractivity contribution in [3.05, 3.63) is 11.6 Å². The smallest absolute Gasteiger partial charge is 0.263 e. The third-order valence-corrected chi connectivity index (χ3v) is 2.48. The van der Waals surface area contributed by atoms with E-state index in [0.717, 1.165) is 5.71 Å². The van der Waals surface area contributed by atoms with Crippen molar-refractivity contribution in [3.8, 4) is 0 Å². The summed E-state index contributed by atoms with van der Waals surface area (Å²) in [5, 5.41) is 2.52. The van der Waals surface area contributed by atoms with E-state index in [1.165, 1.54) is 0 Å². The second-order valence-corrected chi connectivity index (χ2v) is 3.56. The largest absolute Gasteiger partial charge is 0.484 e. The number of aliphatic imine (C=N–C) groups is 1. The van der Waals surface area contributed by atoms with E-state index in [2.05, 4.69) is 10.3 Å². The molecule has 0 spiro atoms. The van der Waals surface area contributed by atoms with Crippen LogP contribution >= 0.6 is 11.6 Å². The maximum Gasteiger partial charge on any atom is 0.263 e. The van der Waals surface area contributed by atoms with Crippen LogP contribution in [0.25, 0.3) is 0 Å². The molecule has 0 radical (unpaired) electrons. The van der Waals surface area contributed by atoms with E-state index in [1.54, 1.807) is 0 Å². The van der Waals surface area contributed by atoms with Crippen LogP contribution in [0.2, 0.25) is 0 Å². The molecule has 0 fully saturated rings. The van der Waals surface area contributed by atoms with Crippen LogP contribution < -0.4 is 5.32 Å². The van der Waals surface area contributed by atoms with Gasteiger partial charge in [0, 0.05) is 12.1 Å². The maximum absolute atomic E-state index is 10.9. The molecule has 0 bridgehead atoms. The van der Waals surface area contributed by atoms with E-state index in [0.29, 0.717) is 18.0 Å². The number of allylic oxidation sites excluding steroid dienone is 1. The summed E-state index contributed by atoms with van der Waals surface area (Å²) < 4.78 is 5.19. The van der Waals surface area contributed by atoms with E-state index in [9.17, 15) is 4.79 Å². The average Bonchev–Trinajstić information content (AvgIpc) is 2.08. The van der Waals surface area contributed by atoms with Crippen LogP contribution in [-0.4, -0.2) is 23.6 Å². The van der Waals surface area contributed by atoms with Crippen LogP contribution in [0, 0.1) is 0 Å². The van der Waals surface area contributed by atoms with Crippen LogP contribution in [0.1, 0.15) is 13.3 Å². The number of hydrogen-bond donors (Lipinski definition) is 1. The molecule has 0 aromatic heterocycles. The second-order valence-electron chi connectivity index (χ2n) is 3.03. The molecule has 5 heteroatoms. The number of carbonyl (C=O) groups excluding carboxylic acids is 1. The maximum atomic E-state index is 10.9. The van der Waals surface area contributed by atoms with Crippen molar-refractivity contribution >= 4 is 23.2 Å². The number of carbonyl (C=O) groups is 1. The van der Waals surface area contributed by atoms with Crippen LogP contribution in [0.3, 0.4) is 0 Å². The van der Waals surface area contributed by atoms with E-state index >= 15 is 0 Å². The molecule has 1 amide bonds. The van der Waals surface area contributed by atoms with Gasteiger partial charge in [0.2, 0.25) is 0 Å².